The summed E-state index contributed by atoms with van der Waals surface area (Å²) in [4.78, 5) is 2.43. The van der Waals surface area contributed by atoms with Crippen molar-refractivity contribution < 1.29 is 4.42 Å². The highest BCUT2D eigenvalue weighted by atomic mass is 32.1. The minimum atomic E-state index is 0.920. The quantitative estimate of drug-likeness (QED) is 0.211. The van der Waals surface area contributed by atoms with Gasteiger partial charge in [0.25, 0.3) is 0 Å². The molecule has 0 amide bonds. The van der Waals surface area contributed by atoms with Gasteiger partial charge >= 0.3 is 0 Å². The van der Waals surface area contributed by atoms with Crippen LogP contribution in [0.25, 0.3) is 69.6 Å². The number of anilines is 3. The van der Waals surface area contributed by atoms with Gasteiger partial charge in [0.2, 0.25) is 0 Å². The fraction of sp³-hybridized carbons (Fsp3) is 0. The number of hydrogen-bond donors (Lipinski definition) is 0. The summed E-state index contributed by atoms with van der Waals surface area (Å²) in [6.07, 6.45) is 0. The molecule has 186 valence electrons. The maximum absolute atomic E-state index is 6.33. The second-order valence-corrected chi connectivity index (χ2v) is 11.7. The molecule has 0 saturated carbocycles. The molecule has 0 atom stereocenters. The summed E-state index contributed by atoms with van der Waals surface area (Å²) in [5.74, 6) is 0. The minimum Gasteiger partial charge on any atom is -0.456 e. The zero-order valence-electron chi connectivity index (χ0n) is 21.3. The van der Waals surface area contributed by atoms with Crippen LogP contribution in [0.5, 0.6) is 0 Å². The molecule has 0 saturated heterocycles. The second-order valence-electron chi connectivity index (χ2n) is 10.6. The summed E-state index contributed by atoms with van der Waals surface area (Å²) in [5.41, 5.74) is 8.94. The molecule has 0 bridgehead atoms. The Morgan fingerprint density at radius 1 is 0.475 bits per heavy atom. The molecule has 0 fully saturated rings. The van der Waals surface area contributed by atoms with Crippen molar-refractivity contribution in [3.05, 3.63) is 121 Å². The van der Waals surface area contributed by atoms with Crippen molar-refractivity contribution in [3.63, 3.8) is 0 Å². The van der Waals surface area contributed by atoms with E-state index in [-0.39, 0.29) is 0 Å². The molecule has 6 aromatic carbocycles. The summed E-state index contributed by atoms with van der Waals surface area (Å²) >= 11 is 1.86. The van der Waals surface area contributed by atoms with E-state index >= 15 is 0 Å². The lowest BCUT2D eigenvalue weighted by atomic mass is 10.1. The van der Waals surface area contributed by atoms with E-state index in [9.17, 15) is 0 Å². The normalized spacial score (nSPS) is 12.9. The molecule has 40 heavy (non-hydrogen) atoms. The van der Waals surface area contributed by atoms with Crippen LogP contribution < -0.4 is 4.90 Å². The minimum absolute atomic E-state index is 0.920. The monoisotopic (exact) mass is 528 g/mol. The zero-order chi connectivity index (χ0) is 25.9. The smallest absolute Gasteiger partial charge is 0.137 e. The van der Waals surface area contributed by atoms with Crippen molar-refractivity contribution in [2.24, 2.45) is 0 Å². The predicted molar refractivity (Wildman–Crippen MR) is 169 cm³/mol. The third-order valence-electron chi connectivity index (χ3n) is 8.49. The van der Waals surface area contributed by atoms with Gasteiger partial charge in [-0.2, -0.15) is 0 Å². The average Bonchev–Trinajstić information content (AvgIpc) is 3.66. The van der Waals surface area contributed by atoms with Crippen LogP contribution in [0.1, 0.15) is 0 Å². The lowest BCUT2D eigenvalue weighted by Crippen LogP contribution is -2.17. The van der Waals surface area contributed by atoms with Crippen LogP contribution in [-0.4, -0.2) is 4.57 Å². The Bertz CT molecular complexity index is 2510. The molecule has 1 aliphatic rings. The number of fused-ring (bicyclic) bond motifs is 11. The van der Waals surface area contributed by atoms with Crippen molar-refractivity contribution in [1.82, 2.24) is 4.57 Å². The zero-order valence-corrected chi connectivity index (χ0v) is 22.1. The summed E-state index contributed by atoms with van der Waals surface area (Å²) in [7, 11) is 0. The molecule has 4 heterocycles. The topological polar surface area (TPSA) is 21.3 Å². The fourth-order valence-corrected chi connectivity index (χ4v) is 7.89. The van der Waals surface area contributed by atoms with Crippen LogP contribution in [0, 0.1) is 0 Å². The number of rotatable bonds is 1. The van der Waals surface area contributed by atoms with E-state index in [4.69, 9.17) is 4.42 Å². The van der Waals surface area contributed by atoms with Crippen molar-refractivity contribution in [2.45, 2.75) is 0 Å². The van der Waals surface area contributed by atoms with Crippen LogP contribution in [-0.2, 0) is 0 Å². The average molecular weight is 529 g/mol. The molecular weight excluding hydrogens is 508 g/mol. The van der Waals surface area contributed by atoms with Crippen molar-refractivity contribution in [3.8, 4) is 5.69 Å². The van der Waals surface area contributed by atoms with E-state index in [1.54, 1.807) is 0 Å². The molecule has 0 N–H and O–H groups in total. The van der Waals surface area contributed by atoms with E-state index in [1.807, 2.05) is 23.5 Å². The molecule has 1 aliphatic heterocycles. The fourth-order valence-electron chi connectivity index (χ4n) is 6.80. The van der Waals surface area contributed by atoms with Gasteiger partial charge in [0.1, 0.15) is 11.2 Å². The Kier molecular flexibility index (Phi) is 3.81. The molecule has 10 rings (SSSR count). The number of benzene rings is 6. The third-order valence-corrected chi connectivity index (χ3v) is 9.64. The summed E-state index contributed by atoms with van der Waals surface area (Å²) < 4.78 is 11.4. The van der Waals surface area contributed by atoms with Crippen molar-refractivity contribution >= 4 is 92.3 Å². The molecule has 0 radical (unpaired) electrons. The van der Waals surface area contributed by atoms with Gasteiger partial charge in [0, 0.05) is 53.5 Å². The Morgan fingerprint density at radius 3 is 2.17 bits per heavy atom. The predicted octanol–water partition coefficient (Wildman–Crippen LogP) is 10.8. The first kappa shape index (κ1) is 20.8. The van der Waals surface area contributed by atoms with Gasteiger partial charge in [0.05, 0.1) is 28.1 Å². The number of hydrogen-bond acceptors (Lipinski definition) is 3. The number of nitrogens with zero attached hydrogens (tertiary/aromatic N) is 2. The molecule has 3 aromatic heterocycles. The number of aromatic nitrogens is 1. The number of para-hydroxylation sites is 4. The SMILES string of the molecule is c1ccc2c(c1)N(c1ccc3sc4ccccc4c3c1)c1cccc3c4cc5c(cc4n-2c13)oc1ccccc15. The first-order valence-corrected chi connectivity index (χ1v) is 14.3. The van der Waals surface area contributed by atoms with Crippen molar-refractivity contribution in [2.75, 3.05) is 4.90 Å². The van der Waals surface area contributed by atoms with E-state index in [1.165, 1.54) is 64.7 Å². The highest BCUT2D eigenvalue weighted by Gasteiger charge is 2.29. The highest BCUT2D eigenvalue weighted by molar-refractivity contribution is 7.25. The van der Waals surface area contributed by atoms with Gasteiger partial charge in [-0.15, -0.1) is 11.3 Å². The number of thiophene rings is 1. The van der Waals surface area contributed by atoms with Crippen LogP contribution in [0.3, 0.4) is 0 Å². The molecular formula is C36H20N2OS. The summed E-state index contributed by atoms with van der Waals surface area (Å²) in [5, 5.41) is 7.43. The van der Waals surface area contributed by atoms with Crippen molar-refractivity contribution in [1.29, 1.82) is 0 Å². The van der Waals surface area contributed by atoms with Gasteiger partial charge in [0.15, 0.2) is 0 Å². The highest BCUT2D eigenvalue weighted by Crippen LogP contribution is 2.51. The van der Waals surface area contributed by atoms with Gasteiger partial charge in [-0.1, -0.05) is 60.7 Å². The second kappa shape index (κ2) is 7.32. The molecule has 0 unspecified atom stereocenters. The number of furan rings is 1. The molecule has 4 heteroatoms. The van der Waals surface area contributed by atoms with Gasteiger partial charge < -0.3 is 13.9 Å². The Labute approximate surface area is 232 Å². The van der Waals surface area contributed by atoms with Gasteiger partial charge in [-0.05, 0) is 54.6 Å². The largest absolute Gasteiger partial charge is 0.456 e. The first-order valence-electron chi connectivity index (χ1n) is 13.5. The first-order chi connectivity index (χ1) is 19.8. The van der Waals surface area contributed by atoms with E-state index in [2.05, 4.69) is 119 Å². The van der Waals surface area contributed by atoms with Crippen LogP contribution in [0.4, 0.5) is 17.1 Å². The standard InChI is InChI=1S/C36H20N2OS/c1-5-14-32-22(8-1)26-19-25-24-10-7-13-30-36(24)38(31(25)20-33(26)39-32)29-12-4-3-11-28(29)37(30)21-16-17-35-27(18-21)23-9-2-6-15-34(23)40-35/h1-20H. The van der Waals surface area contributed by atoms with E-state index < -0.39 is 0 Å². The molecule has 9 aromatic rings. The summed E-state index contributed by atoms with van der Waals surface area (Å²) in [6.45, 7) is 0. The Morgan fingerprint density at radius 2 is 1.23 bits per heavy atom. The molecule has 0 aliphatic carbocycles. The Balaban J connectivity index is 1.32. The van der Waals surface area contributed by atoms with Crippen LogP contribution in [0.2, 0.25) is 0 Å². The molecule has 0 spiro atoms. The van der Waals surface area contributed by atoms with Gasteiger partial charge in [-0.3, -0.25) is 0 Å². The third kappa shape index (κ3) is 2.54. The van der Waals surface area contributed by atoms with Crippen LogP contribution >= 0.6 is 11.3 Å². The summed E-state index contributed by atoms with van der Waals surface area (Å²) in [6, 6.07) is 43.9. The maximum atomic E-state index is 6.33. The van der Waals surface area contributed by atoms with Gasteiger partial charge in [-0.25, -0.2) is 0 Å². The van der Waals surface area contributed by atoms with E-state index in [0.29, 0.717) is 0 Å². The lowest BCUT2D eigenvalue weighted by molar-refractivity contribution is 0.669. The maximum Gasteiger partial charge on any atom is 0.137 e. The van der Waals surface area contributed by atoms with E-state index in [0.717, 1.165) is 21.9 Å². The van der Waals surface area contributed by atoms with Crippen LogP contribution in [0.15, 0.2) is 126 Å². The lowest BCUT2D eigenvalue weighted by Gasteiger charge is -2.33. The Hall–Kier alpha value is -5.06. The molecule has 3 nitrogen and oxygen atoms in total.